The molecule has 216 valence electrons. The van der Waals surface area contributed by atoms with Gasteiger partial charge in [-0.05, 0) is 55.6 Å². The third kappa shape index (κ3) is 6.14. The Labute approximate surface area is 244 Å². The van der Waals surface area contributed by atoms with E-state index in [4.69, 9.17) is 26.2 Å². The molecule has 0 fully saturated rings. The Morgan fingerprint density at radius 1 is 1.12 bits per heavy atom. The first-order valence-corrected chi connectivity index (χ1v) is 14.5. The fourth-order valence-corrected chi connectivity index (χ4v) is 5.66. The van der Waals surface area contributed by atoms with Gasteiger partial charge in [-0.2, -0.15) is 0 Å². The molecule has 0 aliphatic carbocycles. The highest BCUT2D eigenvalue weighted by molar-refractivity contribution is 6.22. The maximum absolute atomic E-state index is 14.0. The maximum Gasteiger partial charge on any atom is 0.317 e. The first-order chi connectivity index (χ1) is 19.8. The summed E-state index contributed by atoms with van der Waals surface area (Å²) in [6.45, 7) is 6.00. The van der Waals surface area contributed by atoms with Crippen molar-refractivity contribution in [3.63, 3.8) is 0 Å². The number of alkyl halides is 1. The predicted molar refractivity (Wildman–Crippen MR) is 163 cm³/mol. The van der Waals surface area contributed by atoms with E-state index in [-0.39, 0.29) is 23.7 Å². The Kier molecular flexibility index (Phi) is 8.71. The quantitative estimate of drug-likeness (QED) is 0.152. The van der Waals surface area contributed by atoms with E-state index in [0.717, 1.165) is 51.5 Å². The van der Waals surface area contributed by atoms with Crippen LogP contribution in [0.3, 0.4) is 0 Å². The van der Waals surface area contributed by atoms with E-state index in [2.05, 4.69) is 24.0 Å². The molecule has 0 saturated heterocycles. The third-order valence-electron chi connectivity index (χ3n) is 7.59. The van der Waals surface area contributed by atoms with E-state index >= 15 is 0 Å². The minimum absolute atomic E-state index is 0.0196. The zero-order chi connectivity index (χ0) is 29.1. The topological polar surface area (TPSA) is 95.1 Å². The van der Waals surface area contributed by atoms with Crippen LogP contribution in [0.2, 0.25) is 0 Å². The lowest BCUT2D eigenvalue weighted by atomic mass is 9.92. The molecule has 2 atom stereocenters. The van der Waals surface area contributed by atoms with Crippen LogP contribution in [0, 0.1) is 0 Å². The molecule has 5 rings (SSSR count). The molecule has 1 unspecified atom stereocenters. The number of carbonyl (C=O) groups is 2. The van der Waals surface area contributed by atoms with Crippen molar-refractivity contribution in [2.45, 2.75) is 38.0 Å². The summed E-state index contributed by atoms with van der Waals surface area (Å²) in [5.41, 5.74) is 3.23. The zero-order valence-electron chi connectivity index (χ0n) is 23.7. The summed E-state index contributed by atoms with van der Waals surface area (Å²) in [6, 6.07) is 17.6. The Morgan fingerprint density at radius 3 is 2.63 bits per heavy atom. The molecule has 1 amide bonds. The van der Waals surface area contributed by atoms with Gasteiger partial charge in [0.1, 0.15) is 23.8 Å². The van der Waals surface area contributed by atoms with E-state index in [1.54, 1.807) is 11.9 Å². The molecule has 0 bridgehead atoms. The summed E-state index contributed by atoms with van der Waals surface area (Å²) in [6.07, 6.45) is 1.99. The maximum atomic E-state index is 14.0. The smallest absolute Gasteiger partial charge is 0.317 e. The van der Waals surface area contributed by atoms with Crippen molar-refractivity contribution < 1.29 is 24.2 Å². The highest BCUT2D eigenvalue weighted by Gasteiger charge is 2.38. The van der Waals surface area contributed by atoms with Crippen LogP contribution in [-0.2, 0) is 4.79 Å². The number of anilines is 1. The molecule has 0 saturated carbocycles. The van der Waals surface area contributed by atoms with Crippen LogP contribution in [-0.4, -0.2) is 72.1 Å². The van der Waals surface area contributed by atoms with Crippen molar-refractivity contribution in [2.24, 2.45) is 0 Å². The Morgan fingerprint density at radius 2 is 1.90 bits per heavy atom. The van der Waals surface area contributed by atoms with Gasteiger partial charge < -0.3 is 24.5 Å². The molecular formula is C32H36ClN3O5. The van der Waals surface area contributed by atoms with Crippen molar-refractivity contribution in [1.82, 2.24) is 9.88 Å². The second-order valence-corrected chi connectivity index (χ2v) is 11.4. The number of carbonyl (C=O) groups excluding carboxylic acids is 1. The minimum atomic E-state index is -0.876. The molecule has 0 spiro atoms. The number of halogens is 1. The number of carboxylic acid groups (broad SMARTS) is 1. The number of hydrogen-bond donors (Lipinski definition) is 2. The van der Waals surface area contributed by atoms with Crippen LogP contribution in [0.4, 0.5) is 5.69 Å². The van der Waals surface area contributed by atoms with Crippen LogP contribution >= 0.6 is 11.6 Å². The number of unbranched alkanes of at least 4 members (excludes halogenated alkanes) is 1. The molecule has 1 aliphatic rings. The van der Waals surface area contributed by atoms with Gasteiger partial charge in [0.2, 0.25) is 0 Å². The molecule has 41 heavy (non-hydrogen) atoms. The fraction of sp³-hybridized carbons (Fsp3) is 0.375. The van der Waals surface area contributed by atoms with Gasteiger partial charge in [0.05, 0.1) is 18.8 Å². The van der Waals surface area contributed by atoms with Crippen molar-refractivity contribution in [3.8, 4) is 11.5 Å². The number of hydrogen-bond acceptors (Lipinski definition) is 5. The zero-order valence-corrected chi connectivity index (χ0v) is 24.4. The highest BCUT2D eigenvalue weighted by Crippen LogP contribution is 2.47. The number of amides is 1. The number of aromatic amines is 1. The number of aromatic nitrogens is 1. The summed E-state index contributed by atoms with van der Waals surface area (Å²) >= 11 is 6.71. The van der Waals surface area contributed by atoms with Crippen LogP contribution < -0.4 is 14.4 Å². The monoisotopic (exact) mass is 577 g/mol. The van der Waals surface area contributed by atoms with Gasteiger partial charge in [0.25, 0.3) is 5.91 Å². The lowest BCUT2D eigenvalue weighted by molar-refractivity contribution is -0.138. The first kappa shape index (κ1) is 28.8. The molecule has 3 aromatic carbocycles. The molecular weight excluding hydrogens is 542 g/mol. The Hall–Kier alpha value is -3.75. The van der Waals surface area contributed by atoms with Gasteiger partial charge in [0, 0.05) is 46.7 Å². The molecule has 2 heterocycles. The van der Waals surface area contributed by atoms with Crippen LogP contribution in [0.1, 0.15) is 48.7 Å². The molecule has 1 aliphatic heterocycles. The fourth-order valence-electron chi connectivity index (χ4n) is 5.45. The van der Waals surface area contributed by atoms with Crippen LogP contribution in [0.15, 0.2) is 54.6 Å². The molecule has 0 radical (unpaired) electrons. The Balaban J connectivity index is 1.43. The van der Waals surface area contributed by atoms with E-state index < -0.39 is 5.97 Å². The second-order valence-electron chi connectivity index (χ2n) is 10.7. The van der Waals surface area contributed by atoms with Crippen molar-refractivity contribution in [3.05, 3.63) is 65.9 Å². The first-order valence-electron chi connectivity index (χ1n) is 14.1. The van der Waals surface area contributed by atoms with E-state index in [1.807, 2.05) is 54.3 Å². The van der Waals surface area contributed by atoms with E-state index in [1.165, 1.54) is 0 Å². The summed E-state index contributed by atoms with van der Waals surface area (Å²) in [5, 5.41) is 11.7. The number of nitrogens with zero attached hydrogens (tertiary/aromatic N) is 2. The SMILES string of the molecule is CCCCOc1cc2c(c3ccccc13)[C@H](C(C)Cl)CN2C(=O)c1cc2cc(OCCN(C)CC(=O)O)ccc2[nH]1. The summed E-state index contributed by atoms with van der Waals surface area (Å²) in [7, 11) is 1.74. The number of benzene rings is 3. The Bertz CT molecular complexity index is 1570. The lowest BCUT2D eigenvalue weighted by Crippen LogP contribution is -2.31. The standard InChI is InChI=1S/C32H36ClN3O5/c1-4-5-13-41-29-17-28-31(24-9-7-6-8-23(24)29)25(20(2)33)18-36(28)32(39)27-16-21-15-22(10-11-26(21)34-27)40-14-12-35(3)19-30(37)38/h6-11,15-17,20,25,34H,4-5,12-14,18-19H2,1-3H3,(H,37,38)/t20?,25-/m0/s1. The predicted octanol–water partition coefficient (Wildman–Crippen LogP) is 6.27. The van der Waals surface area contributed by atoms with Gasteiger partial charge >= 0.3 is 5.97 Å². The molecule has 9 heteroatoms. The number of fused-ring (bicyclic) bond motifs is 4. The highest BCUT2D eigenvalue weighted by atomic mass is 35.5. The molecule has 2 N–H and O–H groups in total. The van der Waals surface area contributed by atoms with E-state index in [0.29, 0.717) is 37.7 Å². The van der Waals surface area contributed by atoms with Gasteiger partial charge in [-0.15, -0.1) is 11.6 Å². The molecule has 4 aromatic rings. The van der Waals surface area contributed by atoms with Gasteiger partial charge in [-0.25, -0.2) is 0 Å². The number of carboxylic acids is 1. The number of aliphatic carboxylic acids is 1. The summed E-state index contributed by atoms with van der Waals surface area (Å²) < 4.78 is 12.1. The van der Waals surface area contributed by atoms with Crippen LogP contribution in [0.5, 0.6) is 11.5 Å². The largest absolute Gasteiger partial charge is 0.493 e. The van der Waals surface area contributed by atoms with Crippen molar-refractivity contribution in [1.29, 1.82) is 0 Å². The number of ether oxygens (including phenoxy) is 2. The van der Waals surface area contributed by atoms with Gasteiger partial charge in [-0.3, -0.25) is 14.5 Å². The number of H-pyrrole nitrogens is 1. The molecule has 8 nitrogen and oxygen atoms in total. The van der Waals surface area contributed by atoms with Crippen LogP contribution in [0.25, 0.3) is 21.7 Å². The van der Waals surface area contributed by atoms with Crippen molar-refractivity contribution >= 4 is 50.8 Å². The average molecular weight is 578 g/mol. The number of likely N-dealkylation sites (N-methyl/N-ethyl adjacent to an activating group) is 1. The van der Waals surface area contributed by atoms with Gasteiger partial charge in [0.15, 0.2) is 0 Å². The second kappa shape index (κ2) is 12.4. The average Bonchev–Trinajstić information content (AvgIpc) is 3.54. The van der Waals surface area contributed by atoms with Crippen molar-refractivity contribution in [2.75, 3.05) is 44.8 Å². The number of nitrogens with one attached hydrogen (secondary N) is 1. The summed E-state index contributed by atoms with van der Waals surface area (Å²) in [5.74, 6) is 0.408. The third-order valence-corrected chi connectivity index (χ3v) is 7.90. The minimum Gasteiger partial charge on any atom is -0.493 e. The lowest BCUT2D eigenvalue weighted by Gasteiger charge is -2.19. The van der Waals surface area contributed by atoms with Gasteiger partial charge in [-0.1, -0.05) is 37.6 Å². The summed E-state index contributed by atoms with van der Waals surface area (Å²) in [4.78, 5) is 31.6. The normalized spacial score (nSPS) is 15.4. The molecule has 1 aromatic heterocycles. The number of rotatable bonds is 12. The van der Waals surface area contributed by atoms with E-state index in [9.17, 15) is 9.59 Å².